The summed E-state index contributed by atoms with van der Waals surface area (Å²) in [6.07, 6.45) is 7.97. The number of nitrogens with zero attached hydrogens (tertiary/aromatic N) is 1. The fraction of sp³-hybridized carbons (Fsp3) is 0.632. The number of halogens is 1. The summed E-state index contributed by atoms with van der Waals surface area (Å²) in [5.74, 6) is -0.195. The topological polar surface area (TPSA) is 44.4 Å². The highest BCUT2D eigenvalue weighted by molar-refractivity contribution is 5.74. The molecule has 1 aromatic carbocycles. The summed E-state index contributed by atoms with van der Waals surface area (Å²) < 4.78 is 12.9. The standard InChI is InChI=1S/C19H30FN3O/c1-23(15-16-9-11-17(20)12-10-16)14-6-5-13-21-19(24)22-18-7-3-2-4-8-18/h9-12,18H,2-8,13-15H2,1H3,(H2,21,22,24). The second-order valence-electron chi connectivity index (χ2n) is 6.81. The average molecular weight is 335 g/mol. The molecule has 1 fully saturated rings. The largest absolute Gasteiger partial charge is 0.338 e. The van der Waals surface area contributed by atoms with Crippen molar-refractivity contribution in [2.45, 2.75) is 57.5 Å². The Morgan fingerprint density at radius 2 is 1.88 bits per heavy atom. The quantitative estimate of drug-likeness (QED) is 0.712. The zero-order valence-corrected chi connectivity index (χ0v) is 14.7. The van der Waals surface area contributed by atoms with E-state index in [1.807, 2.05) is 12.1 Å². The van der Waals surface area contributed by atoms with Crippen molar-refractivity contribution < 1.29 is 9.18 Å². The first kappa shape index (κ1) is 18.7. The maximum Gasteiger partial charge on any atom is 0.315 e. The highest BCUT2D eigenvalue weighted by atomic mass is 19.1. The van der Waals surface area contributed by atoms with Crippen molar-refractivity contribution in [3.05, 3.63) is 35.6 Å². The van der Waals surface area contributed by atoms with Crippen LogP contribution in [0.3, 0.4) is 0 Å². The summed E-state index contributed by atoms with van der Waals surface area (Å²) in [6.45, 7) is 2.49. The maximum absolute atomic E-state index is 12.9. The number of urea groups is 1. The molecule has 0 unspecified atom stereocenters. The summed E-state index contributed by atoms with van der Waals surface area (Å²) in [6, 6.07) is 6.98. The van der Waals surface area contributed by atoms with Crippen molar-refractivity contribution >= 4 is 6.03 Å². The van der Waals surface area contributed by atoms with Gasteiger partial charge in [0.2, 0.25) is 0 Å². The van der Waals surface area contributed by atoms with Crippen LogP contribution in [0.15, 0.2) is 24.3 Å². The molecular formula is C19H30FN3O. The Hall–Kier alpha value is -1.62. The Labute approximate surface area is 144 Å². The third-order valence-electron chi connectivity index (χ3n) is 4.56. The Kier molecular flexibility index (Phi) is 8.02. The zero-order valence-electron chi connectivity index (χ0n) is 14.7. The SMILES string of the molecule is CN(CCCCNC(=O)NC1CCCCC1)Cc1ccc(F)cc1. The number of hydrogen-bond acceptors (Lipinski definition) is 2. The monoisotopic (exact) mass is 335 g/mol. The van der Waals surface area contributed by atoms with Gasteiger partial charge in [-0.05, 0) is 57.0 Å². The Morgan fingerprint density at radius 3 is 2.58 bits per heavy atom. The van der Waals surface area contributed by atoms with Gasteiger partial charge < -0.3 is 15.5 Å². The normalized spacial score (nSPS) is 15.5. The second-order valence-corrected chi connectivity index (χ2v) is 6.81. The first-order valence-corrected chi connectivity index (χ1v) is 9.11. The fourth-order valence-electron chi connectivity index (χ4n) is 3.17. The van der Waals surface area contributed by atoms with E-state index < -0.39 is 0 Å². The van der Waals surface area contributed by atoms with Crippen LogP contribution in [0.1, 0.15) is 50.5 Å². The van der Waals surface area contributed by atoms with Crippen LogP contribution in [0, 0.1) is 5.82 Å². The predicted molar refractivity (Wildman–Crippen MR) is 95.4 cm³/mol. The Balaban J connectivity index is 1.50. The molecule has 0 atom stereocenters. The molecule has 1 aliphatic rings. The summed E-state index contributed by atoms with van der Waals surface area (Å²) in [5.41, 5.74) is 1.11. The van der Waals surface area contributed by atoms with E-state index in [4.69, 9.17) is 0 Å². The number of amides is 2. The van der Waals surface area contributed by atoms with Gasteiger partial charge in [-0.2, -0.15) is 0 Å². The van der Waals surface area contributed by atoms with Gasteiger partial charge in [0.25, 0.3) is 0 Å². The molecule has 1 aromatic rings. The molecule has 0 aromatic heterocycles. The number of rotatable bonds is 8. The van der Waals surface area contributed by atoms with Crippen LogP contribution in [0.2, 0.25) is 0 Å². The van der Waals surface area contributed by atoms with Gasteiger partial charge in [-0.25, -0.2) is 9.18 Å². The van der Waals surface area contributed by atoms with E-state index in [0.29, 0.717) is 12.6 Å². The summed E-state index contributed by atoms with van der Waals surface area (Å²) in [5, 5.41) is 6.01. The van der Waals surface area contributed by atoms with E-state index in [2.05, 4.69) is 22.6 Å². The minimum Gasteiger partial charge on any atom is -0.338 e. The summed E-state index contributed by atoms with van der Waals surface area (Å²) >= 11 is 0. The predicted octanol–water partition coefficient (Wildman–Crippen LogP) is 3.67. The lowest BCUT2D eigenvalue weighted by Crippen LogP contribution is -2.43. The van der Waals surface area contributed by atoms with Crippen molar-refractivity contribution in [3.8, 4) is 0 Å². The summed E-state index contributed by atoms with van der Waals surface area (Å²) in [7, 11) is 2.06. The highest BCUT2D eigenvalue weighted by Crippen LogP contribution is 2.17. The van der Waals surface area contributed by atoms with Crippen LogP contribution in [0.25, 0.3) is 0 Å². The summed E-state index contributed by atoms with van der Waals surface area (Å²) in [4.78, 5) is 14.0. The minimum atomic E-state index is -0.195. The zero-order chi connectivity index (χ0) is 17.2. The van der Waals surface area contributed by atoms with Crippen LogP contribution >= 0.6 is 0 Å². The average Bonchev–Trinajstić information content (AvgIpc) is 2.57. The molecule has 2 amide bonds. The molecule has 0 heterocycles. The van der Waals surface area contributed by atoms with Gasteiger partial charge in [0, 0.05) is 19.1 Å². The van der Waals surface area contributed by atoms with Gasteiger partial charge in [0.1, 0.15) is 5.82 Å². The molecule has 2 rings (SSSR count). The molecule has 0 radical (unpaired) electrons. The van der Waals surface area contributed by atoms with E-state index >= 15 is 0 Å². The van der Waals surface area contributed by atoms with Crippen LogP contribution in [0.5, 0.6) is 0 Å². The molecule has 0 bridgehead atoms. The van der Waals surface area contributed by atoms with E-state index in [9.17, 15) is 9.18 Å². The third-order valence-corrected chi connectivity index (χ3v) is 4.56. The van der Waals surface area contributed by atoms with Gasteiger partial charge in [-0.1, -0.05) is 31.4 Å². The fourth-order valence-corrected chi connectivity index (χ4v) is 3.17. The van der Waals surface area contributed by atoms with Crippen LogP contribution in [-0.4, -0.2) is 37.1 Å². The van der Waals surface area contributed by atoms with Crippen molar-refractivity contribution in [2.75, 3.05) is 20.1 Å². The van der Waals surface area contributed by atoms with Crippen LogP contribution < -0.4 is 10.6 Å². The number of hydrogen-bond donors (Lipinski definition) is 2. The molecular weight excluding hydrogens is 305 g/mol. The lowest BCUT2D eigenvalue weighted by molar-refractivity contribution is 0.232. The van der Waals surface area contributed by atoms with Crippen molar-refractivity contribution in [3.63, 3.8) is 0 Å². The third kappa shape index (κ3) is 7.30. The Bertz CT molecular complexity index is 486. The number of unbranched alkanes of at least 4 members (excludes halogenated alkanes) is 1. The number of carbonyl (C=O) groups is 1. The van der Waals surface area contributed by atoms with Crippen molar-refractivity contribution in [1.82, 2.24) is 15.5 Å². The lowest BCUT2D eigenvalue weighted by atomic mass is 9.96. The molecule has 24 heavy (non-hydrogen) atoms. The smallest absolute Gasteiger partial charge is 0.315 e. The molecule has 134 valence electrons. The van der Waals surface area contributed by atoms with Gasteiger partial charge in [-0.15, -0.1) is 0 Å². The lowest BCUT2D eigenvalue weighted by Gasteiger charge is -2.23. The van der Waals surface area contributed by atoms with Gasteiger partial charge in [-0.3, -0.25) is 0 Å². The van der Waals surface area contributed by atoms with E-state index in [0.717, 1.165) is 44.3 Å². The molecule has 4 nitrogen and oxygen atoms in total. The molecule has 1 saturated carbocycles. The van der Waals surface area contributed by atoms with E-state index in [-0.39, 0.29) is 11.8 Å². The molecule has 1 aliphatic carbocycles. The Morgan fingerprint density at radius 1 is 1.17 bits per heavy atom. The molecule has 5 heteroatoms. The van der Waals surface area contributed by atoms with Gasteiger partial charge >= 0.3 is 6.03 Å². The first-order chi connectivity index (χ1) is 11.6. The minimum absolute atomic E-state index is 0.0263. The number of benzene rings is 1. The van der Waals surface area contributed by atoms with E-state index in [1.54, 1.807) is 0 Å². The van der Waals surface area contributed by atoms with Crippen LogP contribution in [-0.2, 0) is 6.54 Å². The van der Waals surface area contributed by atoms with Crippen molar-refractivity contribution in [2.24, 2.45) is 0 Å². The van der Waals surface area contributed by atoms with Crippen LogP contribution in [0.4, 0.5) is 9.18 Å². The maximum atomic E-state index is 12.9. The molecule has 2 N–H and O–H groups in total. The number of carbonyl (C=O) groups excluding carboxylic acids is 1. The highest BCUT2D eigenvalue weighted by Gasteiger charge is 2.14. The molecule has 0 saturated heterocycles. The first-order valence-electron chi connectivity index (χ1n) is 9.11. The molecule has 0 aliphatic heterocycles. The van der Waals surface area contributed by atoms with Gasteiger partial charge in [0.15, 0.2) is 0 Å². The van der Waals surface area contributed by atoms with Crippen molar-refractivity contribution in [1.29, 1.82) is 0 Å². The molecule has 0 spiro atoms. The second kappa shape index (κ2) is 10.3. The number of nitrogens with one attached hydrogen (secondary N) is 2. The van der Waals surface area contributed by atoms with E-state index in [1.165, 1.54) is 31.4 Å². The van der Waals surface area contributed by atoms with Gasteiger partial charge in [0.05, 0.1) is 0 Å².